The fraction of sp³-hybridized carbons (Fsp3) is 0.375. The molecule has 21 heavy (non-hydrogen) atoms. The van der Waals surface area contributed by atoms with Gasteiger partial charge in [0.25, 0.3) is 5.91 Å². The Balaban J connectivity index is 1.83. The van der Waals surface area contributed by atoms with E-state index in [9.17, 15) is 4.79 Å². The van der Waals surface area contributed by atoms with E-state index in [0.29, 0.717) is 12.3 Å². The largest absolute Gasteiger partial charge is 0.481 e. The first-order valence-corrected chi connectivity index (χ1v) is 7.90. The molecule has 5 heteroatoms. The minimum atomic E-state index is -0.530. The Morgan fingerprint density at radius 3 is 2.67 bits per heavy atom. The van der Waals surface area contributed by atoms with Gasteiger partial charge in [0.1, 0.15) is 5.75 Å². The molecule has 112 valence electrons. The summed E-state index contributed by atoms with van der Waals surface area (Å²) in [6, 6.07) is 7.81. The first-order valence-electron chi connectivity index (χ1n) is 7.02. The van der Waals surface area contributed by atoms with Crippen LogP contribution in [0.25, 0.3) is 0 Å². The standard InChI is InChI=1S/C16H20N2O2S/c1-4-13-5-7-15(8-6-13)20-11(2)16(19)17-9-14-10-21-12(3)18-14/h5-8,10-11H,4,9H2,1-3H3,(H,17,19). The summed E-state index contributed by atoms with van der Waals surface area (Å²) in [6.07, 6.45) is 0.459. The number of amides is 1. The van der Waals surface area contributed by atoms with E-state index in [1.54, 1.807) is 18.3 Å². The summed E-state index contributed by atoms with van der Waals surface area (Å²) in [4.78, 5) is 16.3. The van der Waals surface area contributed by atoms with E-state index in [0.717, 1.165) is 17.1 Å². The van der Waals surface area contributed by atoms with Crippen molar-refractivity contribution in [1.82, 2.24) is 10.3 Å². The van der Waals surface area contributed by atoms with Crippen molar-refractivity contribution >= 4 is 17.2 Å². The molecule has 1 aromatic heterocycles. The van der Waals surface area contributed by atoms with Crippen LogP contribution in [0.1, 0.15) is 30.1 Å². The molecule has 2 rings (SSSR count). The quantitative estimate of drug-likeness (QED) is 0.892. The van der Waals surface area contributed by atoms with E-state index in [2.05, 4.69) is 17.2 Å². The van der Waals surface area contributed by atoms with Crippen LogP contribution in [0, 0.1) is 6.92 Å². The topological polar surface area (TPSA) is 51.2 Å². The number of aryl methyl sites for hydroxylation is 2. The monoisotopic (exact) mass is 304 g/mol. The van der Waals surface area contributed by atoms with E-state index in [1.165, 1.54) is 5.56 Å². The zero-order valence-electron chi connectivity index (χ0n) is 12.6. The van der Waals surface area contributed by atoms with Crippen LogP contribution in [0.2, 0.25) is 0 Å². The fourth-order valence-electron chi connectivity index (χ4n) is 1.87. The first kappa shape index (κ1) is 15.5. The van der Waals surface area contributed by atoms with Crippen molar-refractivity contribution in [2.45, 2.75) is 39.8 Å². The molecular weight excluding hydrogens is 284 g/mol. The van der Waals surface area contributed by atoms with Gasteiger partial charge in [-0.2, -0.15) is 0 Å². The molecule has 0 bridgehead atoms. The molecule has 1 N–H and O–H groups in total. The van der Waals surface area contributed by atoms with Gasteiger partial charge in [-0.05, 0) is 38.0 Å². The SMILES string of the molecule is CCc1ccc(OC(C)C(=O)NCc2csc(C)n2)cc1. The van der Waals surface area contributed by atoms with Gasteiger partial charge in [0.2, 0.25) is 0 Å². The zero-order chi connectivity index (χ0) is 15.2. The maximum Gasteiger partial charge on any atom is 0.261 e. The van der Waals surface area contributed by atoms with Crippen molar-refractivity contribution in [1.29, 1.82) is 0 Å². The van der Waals surface area contributed by atoms with E-state index in [-0.39, 0.29) is 5.91 Å². The van der Waals surface area contributed by atoms with Gasteiger partial charge < -0.3 is 10.1 Å². The van der Waals surface area contributed by atoms with Gasteiger partial charge in [0.15, 0.2) is 6.10 Å². The molecule has 0 aliphatic carbocycles. The molecule has 0 saturated carbocycles. The van der Waals surface area contributed by atoms with Crippen molar-refractivity contribution in [2.75, 3.05) is 0 Å². The predicted octanol–water partition coefficient (Wildman–Crippen LogP) is 3.10. The summed E-state index contributed by atoms with van der Waals surface area (Å²) in [6.45, 7) is 6.23. The summed E-state index contributed by atoms with van der Waals surface area (Å²) in [5.41, 5.74) is 2.13. The van der Waals surface area contributed by atoms with Gasteiger partial charge in [0.05, 0.1) is 17.2 Å². The molecule has 1 aromatic carbocycles. The number of carbonyl (C=O) groups is 1. The number of nitrogens with one attached hydrogen (secondary N) is 1. The number of nitrogens with zero attached hydrogens (tertiary/aromatic N) is 1. The van der Waals surface area contributed by atoms with Crippen LogP contribution in [-0.2, 0) is 17.8 Å². The van der Waals surface area contributed by atoms with Crippen molar-refractivity contribution in [3.63, 3.8) is 0 Å². The summed E-state index contributed by atoms with van der Waals surface area (Å²) in [5.74, 6) is 0.569. The Morgan fingerprint density at radius 1 is 1.38 bits per heavy atom. The third kappa shape index (κ3) is 4.56. The second-order valence-electron chi connectivity index (χ2n) is 4.83. The number of carbonyl (C=O) groups excluding carboxylic acids is 1. The average molecular weight is 304 g/mol. The maximum atomic E-state index is 12.0. The molecule has 2 aromatic rings. The van der Waals surface area contributed by atoms with Gasteiger partial charge in [0, 0.05) is 5.38 Å². The lowest BCUT2D eigenvalue weighted by atomic mass is 10.2. The number of hydrogen-bond acceptors (Lipinski definition) is 4. The van der Waals surface area contributed by atoms with Crippen LogP contribution in [-0.4, -0.2) is 17.0 Å². The molecule has 1 amide bonds. The highest BCUT2D eigenvalue weighted by molar-refractivity contribution is 7.09. The average Bonchev–Trinajstić information content (AvgIpc) is 2.91. The lowest BCUT2D eigenvalue weighted by Crippen LogP contribution is -2.35. The zero-order valence-corrected chi connectivity index (χ0v) is 13.4. The third-order valence-electron chi connectivity index (χ3n) is 3.12. The van der Waals surface area contributed by atoms with E-state index < -0.39 is 6.10 Å². The minimum Gasteiger partial charge on any atom is -0.481 e. The Morgan fingerprint density at radius 2 is 2.10 bits per heavy atom. The highest BCUT2D eigenvalue weighted by Crippen LogP contribution is 2.14. The van der Waals surface area contributed by atoms with Gasteiger partial charge in [-0.15, -0.1) is 11.3 Å². The Labute approximate surface area is 129 Å². The molecule has 0 saturated heterocycles. The van der Waals surface area contributed by atoms with E-state index in [1.807, 2.05) is 36.6 Å². The second-order valence-corrected chi connectivity index (χ2v) is 5.90. The molecule has 0 aliphatic heterocycles. The van der Waals surface area contributed by atoms with Crippen LogP contribution in [0.4, 0.5) is 0 Å². The highest BCUT2D eigenvalue weighted by Gasteiger charge is 2.14. The van der Waals surface area contributed by atoms with Gasteiger partial charge in [-0.25, -0.2) is 4.98 Å². The number of benzene rings is 1. The maximum absolute atomic E-state index is 12.0. The number of aromatic nitrogens is 1. The van der Waals surface area contributed by atoms with Crippen LogP contribution >= 0.6 is 11.3 Å². The van der Waals surface area contributed by atoms with Crippen molar-refractivity contribution < 1.29 is 9.53 Å². The molecule has 4 nitrogen and oxygen atoms in total. The van der Waals surface area contributed by atoms with Crippen LogP contribution in [0.5, 0.6) is 5.75 Å². The third-order valence-corrected chi connectivity index (χ3v) is 3.95. The number of ether oxygens (including phenoxy) is 1. The smallest absolute Gasteiger partial charge is 0.261 e. The van der Waals surface area contributed by atoms with Crippen LogP contribution in [0.15, 0.2) is 29.6 Å². The van der Waals surface area contributed by atoms with Crippen LogP contribution < -0.4 is 10.1 Å². The summed E-state index contributed by atoms with van der Waals surface area (Å²) < 4.78 is 5.64. The van der Waals surface area contributed by atoms with E-state index >= 15 is 0 Å². The van der Waals surface area contributed by atoms with Crippen molar-refractivity contribution in [2.24, 2.45) is 0 Å². The molecule has 1 heterocycles. The van der Waals surface area contributed by atoms with Crippen LogP contribution in [0.3, 0.4) is 0 Å². The minimum absolute atomic E-state index is 0.139. The Hall–Kier alpha value is -1.88. The number of thiazole rings is 1. The number of hydrogen-bond donors (Lipinski definition) is 1. The molecule has 0 aliphatic rings. The van der Waals surface area contributed by atoms with Crippen molar-refractivity contribution in [3.05, 3.63) is 45.9 Å². The number of rotatable bonds is 6. The highest BCUT2D eigenvalue weighted by atomic mass is 32.1. The fourth-order valence-corrected chi connectivity index (χ4v) is 2.48. The molecule has 1 atom stereocenters. The summed E-state index contributed by atoms with van der Waals surface area (Å²) in [7, 11) is 0. The normalized spacial score (nSPS) is 12.0. The van der Waals surface area contributed by atoms with Crippen molar-refractivity contribution in [3.8, 4) is 5.75 Å². The Bertz CT molecular complexity index is 593. The van der Waals surface area contributed by atoms with E-state index in [4.69, 9.17) is 4.74 Å². The Kier molecular flexibility index (Phi) is 5.33. The molecule has 0 radical (unpaired) electrons. The lowest BCUT2D eigenvalue weighted by Gasteiger charge is -2.14. The lowest BCUT2D eigenvalue weighted by molar-refractivity contribution is -0.127. The van der Waals surface area contributed by atoms with Gasteiger partial charge >= 0.3 is 0 Å². The predicted molar refractivity (Wildman–Crippen MR) is 84.6 cm³/mol. The molecule has 0 spiro atoms. The van der Waals surface area contributed by atoms with Gasteiger partial charge in [-0.1, -0.05) is 19.1 Å². The first-order chi connectivity index (χ1) is 10.1. The second kappa shape index (κ2) is 7.22. The molecular formula is C16H20N2O2S. The molecule has 0 fully saturated rings. The summed E-state index contributed by atoms with van der Waals surface area (Å²) in [5, 5.41) is 5.78. The van der Waals surface area contributed by atoms with Gasteiger partial charge in [-0.3, -0.25) is 4.79 Å². The summed E-state index contributed by atoms with van der Waals surface area (Å²) >= 11 is 1.58. The molecule has 1 unspecified atom stereocenters.